The highest BCUT2D eigenvalue weighted by Crippen LogP contribution is 2.27. The molecule has 0 unspecified atom stereocenters. The Labute approximate surface area is 306 Å². The Morgan fingerprint density at radius 2 is 1.57 bits per heavy atom. The fourth-order valence-electron chi connectivity index (χ4n) is 5.92. The Kier molecular flexibility index (Phi) is 15.0. The zero-order chi connectivity index (χ0) is 38.2. The molecule has 1 heterocycles. The maximum Gasteiger partial charge on any atom is 0.289 e. The molecule has 1 aliphatic carbocycles. The molecule has 1 aromatic heterocycles. The van der Waals surface area contributed by atoms with Gasteiger partial charge in [-0.15, -0.1) is 5.10 Å². The van der Waals surface area contributed by atoms with Crippen molar-refractivity contribution in [3.05, 3.63) is 83.4 Å². The molecule has 2 aromatic carbocycles. The van der Waals surface area contributed by atoms with Crippen LogP contribution in [0.1, 0.15) is 73.1 Å². The highest BCUT2D eigenvalue weighted by molar-refractivity contribution is 6.01. The van der Waals surface area contributed by atoms with Crippen molar-refractivity contribution in [2.75, 3.05) is 11.9 Å². The Balaban J connectivity index is 1.46. The van der Waals surface area contributed by atoms with E-state index in [-0.39, 0.29) is 43.0 Å². The van der Waals surface area contributed by atoms with Gasteiger partial charge in [0.05, 0.1) is 0 Å². The molecule has 1 saturated carbocycles. The monoisotopic (exact) mass is 731 g/mol. The van der Waals surface area contributed by atoms with E-state index < -0.39 is 53.5 Å². The van der Waals surface area contributed by atoms with Crippen LogP contribution in [0.15, 0.2) is 65.7 Å². The van der Waals surface area contributed by atoms with Crippen LogP contribution in [-0.4, -0.2) is 75.3 Å². The molecule has 0 radical (unpaired) electrons. The fraction of sp³-hybridized carbons (Fsp3) is 0.389. The molecule has 4 rings (SSSR count). The summed E-state index contributed by atoms with van der Waals surface area (Å²) in [6.07, 6.45) is 8.30. The number of H-pyrrole nitrogens is 1. The summed E-state index contributed by atoms with van der Waals surface area (Å²) in [6.45, 7) is 0.180. The van der Waals surface area contributed by atoms with Crippen LogP contribution in [-0.2, 0) is 25.6 Å². The molecule has 0 spiro atoms. The largest absolute Gasteiger partial charge is 0.370 e. The number of carbonyl (C=O) groups is 5. The van der Waals surface area contributed by atoms with Gasteiger partial charge in [0.15, 0.2) is 5.96 Å². The van der Waals surface area contributed by atoms with E-state index in [0.29, 0.717) is 18.4 Å². The number of carbonyl (C=O) groups excluding carboxylic acids is 5. The first-order chi connectivity index (χ1) is 25.5. The number of guanidine groups is 1. The van der Waals surface area contributed by atoms with Gasteiger partial charge in [-0.05, 0) is 54.5 Å². The summed E-state index contributed by atoms with van der Waals surface area (Å²) in [5, 5.41) is 16.9. The first kappa shape index (κ1) is 39.7. The van der Waals surface area contributed by atoms with Gasteiger partial charge in [0, 0.05) is 19.0 Å². The molecule has 3 aromatic rings. The number of benzene rings is 2. The molecule has 3 atom stereocenters. The molecule has 0 saturated heterocycles. The third-order valence-corrected chi connectivity index (χ3v) is 8.67. The lowest BCUT2D eigenvalue weighted by atomic mass is 9.84. The second-order valence-electron chi connectivity index (χ2n) is 12.8. The highest BCUT2D eigenvalue weighted by Gasteiger charge is 2.32. The second kappa shape index (κ2) is 20.0. The number of hydrogen-bond acceptors (Lipinski definition) is 8. The van der Waals surface area contributed by atoms with Gasteiger partial charge in [-0.2, -0.15) is 4.98 Å². The van der Waals surface area contributed by atoms with Gasteiger partial charge in [-0.3, -0.25) is 39.4 Å². The van der Waals surface area contributed by atoms with Crippen molar-refractivity contribution < 1.29 is 28.4 Å². The summed E-state index contributed by atoms with van der Waals surface area (Å²) in [4.78, 5) is 73.6. The molecular formula is C36H46FN11O5. The Bertz CT molecular complexity index is 1750. The molecule has 16 nitrogen and oxygen atoms in total. The molecule has 11 N–H and O–H groups in total. The summed E-state index contributed by atoms with van der Waals surface area (Å²) >= 11 is 0. The van der Waals surface area contributed by atoms with Crippen LogP contribution in [0.4, 0.5) is 10.3 Å². The molecule has 1 fully saturated rings. The van der Waals surface area contributed by atoms with Crippen molar-refractivity contribution in [2.45, 2.75) is 75.9 Å². The molecular weight excluding hydrogens is 685 g/mol. The third kappa shape index (κ3) is 13.5. The molecule has 5 amide bonds. The van der Waals surface area contributed by atoms with Gasteiger partial charge in [0.2, 0.25) is 29.5 Å². The van der Waals surface area contributed by atoms with Crippen molar-refractivity contribution in [1.82, 2.24) is 31.1 Å². The minimum absolute atomic E-state index is 0.107. The lowest BCUT2D eigenvalue weighted by Gasteiger charge is -2.28. The zero-order valence-electron chi connectivity index (χ0n) is 29.2. The van der Waals surface area contributed by atoms with Crippen LogP contribution in [0, 0.1) is 11.7 Å². The number of primary amides is 1. The summed E-state index contributed by atoms with van der Waals surface area (Å²) in [5.41, 5.74) is 17.9. The van der Waals surface area contributed by atoms with Gasteiger partial charge in [0.1, 0.15) is 23.9 Å². The van der Waals surface area contributed by atoms with Crippen molar-refractivity contribution in [3.63, 3.8) is 0 Å². The Morgan fingerprint density at radius 1 is 0.887 bits per heavy atom. The highest BCUT2D eigenvalue weighted by atomic mass is 19.1. The van der Waals surface area contributed by atoms with E-state index >= 15 is 0 Å². The average molecular weight is 732 g/mol. The maximum atomic E-state index is 13.9. The first-order valence-electron chi connectivity index (χ1n) is 17.4. The van der Waals surface area contributed by atoms with Gasteiger partial charge in [-0.1, -0.05) is 74.6 Å². The number of aliphatic imine (C=N–C) groups is 1. The number of aromatic amines is 1. The standard InChI is InChI=1S/C36H46FN11O5/c37-25-16-13-22(14-17-25)15-18-29(49)45-36-46-31(47-48-36)34(53)44-28(21-24-10-5-2-6-11-24)33(52)42-26(12-7-19-41-35(39)40)32(51)43-27(30(38)50)20-23-8-3-1-4-9-23/h1,3-4,8-9,13-18,24,26-28H,2,5-7,10-12,19-21H2,(H2,38,50)(H,42,52)(H,43,51)(H,44,53)(H4,39,40,41)(H2,45,46,47,48,49)/b18-15+/t26-,27-,28-/m0/s1. The fourth-order valence-corrected chi connectivity index (χ4v) is 5.92. The smallest absolute Gasteiger partial charge is 0.289 e. The van der Waals surface area contributed by atoms with Crippen LogP contribution in [0.5, 0.6) is 0 Å². The Morgan fingerprint density at radius 3 is 2.25 bits per heavy atom. The minimum Gasteiger partial charge on any atom is -0.370 e. The van der Waals surface area contributed by atoms with Crippen molar-refractivity contribution in [1.29, 1.82) is 0 Å². The van der Waals surface area contributed by atoms with Gasteiger partial charge in [0.25, 0.3) is 11.8 Å². The Hall–Kier alpha value is -6.13. The molecule has 0 aliphatic heterocycles. The van der Waals surface area contributed by atoms with E-state index in [4.69, 9.17) is 17.2 Å². The molecule has 0 bridgehead atoms. The van der Waals surface area contributed by atoms with E-state index in [1.54, 1.807) is 24.3 Å². The zero-order valence-corrected chi connectivity index (χ0v) is 29.2. The van der Waals surface area contributed by atoms with Gasteiger partial charge < -0.3 is 33.2 Å². The van der Waals surface area contributed by atoms with Crippen LogP contribution in [0.2, 0.25) is 0 Å². The molecule has 1 aliphatic rings. The number of aromatic nitrogens is 3. The normalized spacial score (nSPS) is 14.7. The summed E-state index contributed by atoms with van der Waals surface area (Å²) in [7, 11) is 0. The number of hydrogen-bond donors (Lipinski definition) is 8. The quantitative estimate of drug-likeness (QED) is 0.0406. The number of nitrogens with zero attached hydrogens (tertiary/aromatic N) is 3. The summed E-state index contributed by atoms with van der Waals surface area (Å²) in [6, 6.07) is 11.3. The third-order valence-electron chi connectivity index (χ3n) is 8.67. The lowest BCUT2D eigenvalue weighted by Crippen LogP contribution is -2.57. The minimum atomic E-state index is -1.13. The van der Waals surface area contributed by atoms with Crippen LogP contribution in [0.3, 0.4) is 0 Å². The number of nitrogens with two attached hydrogens (primary N) is 3. The van der Waals surface area contributed by atoms with Crippen molar-refractivity contribution in [3.8, 4) is 0 Å². The van der Waals surface area contributed by atoms with E-state index in [2.05, 4.69) is 41.4 Å². The number of amides is 5. The van der Waals surface area contributed by atoms with E-state index in [1.165, 1.54) is 36.4 Å². The van der Waals surface area contributed by atoms with Gasteiger partial charge >= 0.3 is 0 Å². The van der Waals surface area contributed by atoms with Crippen molar-refractivity contribution >= 4 is 47.5 Å². The van der Waals surface area contributed by atoms with Gasteiger partial charge in [-0.25, -0.2) is 4.39 Å². The number of rotatable bonds is 18. The van der Waals surface area contributed by atoms with Crippen molar-refractivity contribution in [2.24, 2.45) is 28.1 Å². The number of anilines is 1. The summed E-state index contributed by atoms with van der Waals surface area (Å²) < 4.78 is 13.2. The van der Waals surface area contributed by atoms with Crippen LogP contribution < -0.4 is 38.5 Å². The van der Waals surface area contributed by atoms with E-state index in [1.807, 2.05) is 6.07 Å². The predicted molar refractivity (Wildman–Crippen MR) is 196 cm³/mol. The molecule has 282 valence electrons. The van der Waals surface area contributed by atoms with Crippen LogP contribution >= 0.6 is 0 Å². The SMILES string of the molecule is NC(=O)[C@H](Cc1ccccc1)NC(=O)[C@H](CCCN=C(N)N)NC(=O)[C@H](CC1CCCCC1)NC(=O)c1nc(NC(=O)/C=C/c2ccc(F)cc2)n[nH]1. The maximum absolute atomic E-state index is 13.9. The van der Waals surface area contributed by atoms with Crippen LogP contribution in [0.25, 0.3) is 6.08 Å². The molecule has 53 heavy (non-hydrogen) atoms. The predicted octanol–water partition coefficient (Wildman–Crippen LogP) is 1.42. The number of halogens is 1. The summed E-state index contributed by atoms with van der Waals surface area (Å²) in [5.74, 6) is -4.22. The lowest BCUT2D eigenvalue weighted by molar-refractivity contribution is -0.132. The topological polar surface area (TPSA) is 265 Å². The van der Waals surface area contributed by atoms with E-state index in [0.717, 1.165) is 37.7 Å². The molecule has 17 heteroatoms. The average Bonchev–Trinajstić information content (AvgIpc) is 3.61. The number of nitrogens with one attached hydrogen (secondary N) is 5. The second-order valence-corrected chi connectivity index (χ2v) is 12.8. The van der Waals surface area contributed by atoms with E-state index in [9.17, 15) is 28.4 Å². The first-order valence-corrected chi connectivity index (χ1v) is 17.4.